The van der Waals surface area contributed by atoms with Gasteiger partial charge in [0.15, 0.2) is 0 Å². The van der Waals surface area contributed by atoms with Crippen LogP contribution in [0, 0.1) is 0 Å². The number of furan rings is 1. The van der Waals surface area contributed by atoms with E-state index in [4.69, 9.17) is 23.4 Å². The molecule has 5 heteroatoms. The molecule has 2 atom stereocenters. The zero-order valence-electron chi connectivity index (χ0n) is 8.18. The van der Waals surface area contributed by atoms with Crippen molar-refractivity contribution in [2.75, 3.05) is 26.4 Å². The second-order valence-corrected chi connectivity index (χ2v) is 3.61. The van der Waals surface area contributed by atoms with Gasteiger partial charge in [0.1, 0.15) is 25.4 Å². The Morgan fingerprint density at radius 3 is 2.47 bits per heavy atom. The number of ether oxygens (including phenoxy) is 4. The van der Waals surface area contributed by atoms with Gasteiger partial charge in [-0.25, -0.2) is 0 Å². The summed E-state index contributed by atoms with van der Waals surface area (Å²) in [6, 6.07) is 1.74. The molecular formula is C10H12O5. The zero-order valence-corrected chi connectivity index (χ0v) is 8.18. The summed E-state index contributed by atoms with van der Waals surface area (Å²) in [7, 11) is 0. The molecule has 2 aliphatic rings. The average molecular weight is 212 g/mol. The predicted octanol–water partition coefficient (Wildman–Crippen LogP) is 0.835. The summed E-state index contributed by atoms with van der Waals surface area (Å²) >= 11 is 0. The Bertz CT molecular complexity index is 296. The molecule has 2 saturated heterocycles. The zero-order chi connectivity index (χ0) is 10.1. The maximum absolute atomic E-state index is 5.47. The molecule has 3 heterocycles. The Morgan fingerprint density at radius 2 is 1.80 bits per heavy atom. The van der Waals surface area contributed by atoms with Crippen LogP contribution in [-0.2, 0) is 9.47 Å². The van der Waals surface area contributed by atoms with Crippen molar-refractivity contribution >= 4 is 0 Å². The van der Waals surface area contributed by atoms with Crippen LogP contribution in [0.4, 0.5) is 0 Å². The molecule has 0 radical (unpaired) electrons. The van der Waals surface area contributed by atoms with Crippen molar-refractivity contribution in [3.05, 3.63) is 12.3 Å². The standard InChI is InChI=1S/C10H12O5/c1-2-11-10(15-6-8-4-13-8)9(1)14-5-7-3-12-7/h1-2,7-8H,3-6H2. The van der Waals surface area contributed by atoms with Crippen molar-refractivity contribution < 1.29 is 23.4 Å². The fraction of sp³-hybridized carbons (Fsp3) is 0.600. The first-order valence-electron chi connectivity index (χ1n) is 4.98. The van der Waals surface area contributed by atoms with Crippen molar-refractivity contribution in [3.8, 4) is 11.7 Å². The van der Waals surface area contributed by atoms with Crippen LogP contribution in [0.1, 0.15) is 0 Å². The second-order valence-electron chi connectivity index (χ2n) is 3.61. The molecule has 15 heavy (non-hydrogen) atoms. The molecule has 0 amide bonds. The Balaban J connectivity index is 1.52. The molecule has 0 aliphatic carbocycles. The van der Waals surface area contributed by atoms with Crippen molar-refractivity contribution in [2.45, 2.75) is 12.2 Å². The third kappa shape index (κ3) is 2.43. The molecule has 2 unspecified atom stereocenters. The van der Waals surface area contributed by atoms with Gasteiger partial charge in [0, 0.05) is 6.07 Å². The van der Waals surface area contributed by atoms with Crippen LogP contribution in [0.15, 0.2) is 16.7 Å². The highest BCUT2D eigenvalue weighted by Gasteiger charge is 2.26. The quantitative estimate of drug-likeness (QED) is 0.654. The van der Waals surface area contributed by atoms with Gasteiger partial charge in [0.05, 0.1) is 19.5 Å². The smallest absolute Gasteiger partial charge is 0.328 e. The SMILES string of the molecule is c1cc(OCC2CO2)c(OCC2CO2)o1. The van der Waals surface area contributed by atoms with Crippen molar-refractivity contribution in [2.24, 2.45) is 0 Å². The topological polar surface area (TPSA) is 56.7 Å². The number of hydrogen-bond acceptors (Lipinski definition) is 5. The molecule has 0 aromatic carbocycles. The molecule has 0 bridgehead atoms. The second kappa shape index (κ2) is 3.75. The third-order valence-electron chi connectivity index (χ3n) is 2.23. The fourth-order valence-electron chi connectivity index (χ4n) is 1.18. The minimum absolute atomic E-state index is 0.217. The van der Waals surface area contributed by atoms with E-state index in [1.807, 2.05) is 0 Å². The Morgan fingerprint density at radius 1 is 1.13 bits per heavy atom. The van der Waals surface area contributed by atoms with Crippen LogP contribution < -0.4 is 9.47 Å². The van der Waals surface area contributed by atoms with Gasteiger partial charge in [0.2, 0.25) is 5.75 Å². The van der Waals surface area contributed by atoms with E-state index in [1.54, 1.807) is 12.3 Å². The highest BCUT2D eigenvalue weighted by Crippen LogP contribution is 2.29. The van der Waals surface area contributed by atoms with Gasteiger partial charge in [-0.2, -0.15) is 0 Å². The molecule has 1 aromatic heterocycles. The van der Waals surface area contributed by atoms with Crippen LogP contribution in [0.2, 0.25) is 0 Å². The number of hydrogen-bond donors (Lipinski definition) is 0. The Hall–Kier alpha value is -1.20. The molecular weight excluding hydrogens is 200 g/mol. The average Bonchev–Trinajstić information content (AvgIpc) is 3.14. The van der Waals surface area contributed by atoms with Crippen LogP contribution in [-0.4, -0.2) is 38.6 Å². The molecule has 0 saturated carbocycles. The van der Waals surface area contributed by atoms with E-state index in [-0.39, 0.29) is 12.2 Å². The lowest BCUT2D eigenvalue weighted by atomic mass is 10.5. The van der Waals surface area contributed by atoms with Gasteiger partial charge in [-0.05, 0) is 0 Å². The largest absolute Gasteiger partial charge is 0.484 e. The van der Waals surface area contributed by atoms with Gasteiger partial charge in [-0.1, -0.05) is 0 Å². The normalized spacial score (nSPS) is 27.5. The van der Waals surface area contributed by atoms with E-state index >= 15 is 0 Å². The third-order valence-corrected chi connectivity index (χ3v) is 2.23. The summed E-state index contributed by atoms with van der Waals surface area (Å²) in [6.07, 6.45) is 2.00. The van der Waals surface area contributed by atoms with E-state index in [1.165, 1.54) is 0 Å². The van der Waals surface area contributed by atoms with E-state index < -0.39 is 0 Å². The van der Waals surface area contributed by atoms with E-state index in [2.05, 4.69) is 0 Å². The predicted molar refractivity (Wildman–Crippen MR) is 49.2 cm³/mol. The number of rotatable bonds is 6. The van der Waals surface area contributed by atoms with Gasteiger partial charge in [0.25, 0.3) is 0 Å². The van der Waals surface area contributed by atoms with Crippen LogP contribution in [0.25, 0.3) is 0 Å². The first-order valence-corrected chi connectivity index (χ1v) is 4.98. The molecule has 2 fully saturated rings. The summed E-state index contributed by atoms with van der Waals surface area (Å²) in [5, 5.41) is 0. The molecule has 82 valence electrons. The summed E-state index contributed by atoms with van der Waals surface area (Å²) < 4.78 is 26.1. The van der Waals surface area contributed by atoms with Crippen molar-refractivity contribution in [1.29, 1.82) is 0 Å². The lowest BCUT2D eigenvalue weighted by molar-refractivity contribution is 0.191. The lowest BCUT2D eigenvalue weighted by Crippen LogP contribution is -2.07. The molecule has 2 aliphatic heterocycles. The highest BCUT2D eigenvalue weighted by atomic mass is 16.6. The summed E-state index contributed by atoms with van der Waals surface area (Å²) in [6.45, 7) is 2.62. The van der Waals surface area contributed by atoms with Crippen molar-refractivity contribution in [1.82, 2.24) is 0 Å². The van der Waals surface area contributed by atoms with E-state index in [9.17, 15) is 0 Å². The first kappa shape index (κ1) is 9.06. The molecule has 1 aromatic rings. The molecule has 0 spiro atoms. The van der Waals surface area contributed by atoms with Crippen LogP contribution in [0.5, 0.6) is 11.7 Å². The molecule has 5 nitrogen and oxygen atoms in total. The van der Waals surface area contributed by atoms with Crippen LogP contribution >= 0.6 is 0 Å². The van der Waals surface area contributed by atoms with E-state index in [0.29, 0.717) is 24.9 Å². The summed E-state index contributed by atoms with van der Waals surface area (Å²) in [5.74, 6) is 1.05. The highest BCUT2D eigenvalue weighted by molar-refractivity contribution is 5.30. The minimum atomic E-state index is 0.217. The van der Waals surface area contributed by atoms with E-state index in [0.717, 1.165) is 13.2 Å². The van der Waals surface area contributed by atoms with Gasteiger partial charge >= 0.3 is 5.95 Å². The monoisotopic (exact) mass is 212 g/mol. The Kier molecular flexibility index (Phi) is 2.26. The first-order chi connectivity index (χ1) is 7.42. The molecule has 0 N–H and O–H groups in total. The minimum Gasteiger partial charge on any atom is -0.484 e. The van der Waals surface area contributed by atoms with Gasteiger partial charge in [-0.15, -0.1) is 0 Å². The lowest BCUT2D eigenvalue weighted by Gasteiger charge is -2.04. The van der Waals surface area contributed by atoms with Gasteiger partial charge < -0.3 is 23.4 Å². The number of epoxide rings is 2. The molecule has 3 rings (SSSR count). The van der Waals surface area contributed by atoms with Gasteiger partial charge in [-0.3, -0.25) is 0 Å². The van der Waals surface area contributed by atoms with Crippen molar-refractivity contribution in [3.63, 3.8) is 0 Å². The summed E-state index contributed by atoms with van der Waals surface area (Å²) in [5.41, 5.74) is 0. The maximum atomic E-state index is 5.47. The fourth-order valence-corrected chi connectivity index (χ4v) is 1.18. The van der Waals surface area contributed by atoms with Crippen LogP contribution in [0.3, 0.4) is 0 Å². The maximum Gasteiger partial charge on any atom is 0.328 e. The summed E-state index contributed by atoms with van der Waals surface area (Å²) in [4.78, 5) is 0. The Labute approximate surface area is 86.9 Å².